The van der Waals surface area contributed by atoms with Crippen LogP contribution in [-0.4, -0.2) is 7.11 Å². The Morgan fingerprint density at radius 3 is 2.35 bits per heavy atom. The number of rotatable bonds is 2. The largest absolute Gasteiger partial charge is 0.497 e. The summed E-state index contributed by atoms with van der Waals surface area (Å²) in [4.78, 5) is 0. The molecule has 1 aliphatic rings. The van der Waals surface area contributed by atoms with Crippen molar-refractivity contribution in [3.05, 3.63) is 41.0 Å². The van der Waals surface area contributed by atoms with Crippen molar-refractivity contribution in [2.45, 2.75) is 58.8 Å². The Kier molecular flexibility index (Phi) is 3.52. The Hall–Kier alpha value is -1.24. The molecule has 0 spiro atoms. The van der Waals surface area contributed by atoms with Gasteiger partial charge in [0.1, 0.15) is 5.76 Å². The molecule has 0 bridgehead atoms. The number of benzene rings is 1. The molecule has 1 aromatic rings. The highest BCUT2D eigenvalue weighted by atomic mass is 16.5. The smallest absolute Gasteiger partial charge is 0.119 e. The lowest BCUT2D eigenvalue weighted by Crippen LogP contribution is -2.40. The van der Waals surface area contributed by atoms with E-state index in [1.807, 2.05) is 0 Å². The number of aryl methyl sites for hydroxylation is 1. The molecule has 1 atom stereocenters. The van der Waals surface area contributed by atoms with Gasteiger partial charge in [-0.15, -0.1) is 0 Å². The highest BCUT2D eigenvalue weighted by Crippen LogP contribution is 2.49. The normalized spacial score (nSPS) is 23.1. The van der Waals surface area contributed by atoms with Gasteiger partial charge in [-0.05, 0) is 52.8 Å². The Balaban J connectivity index is 2.71. The van der Waals surface area contributed by atoms with Crippen molar-refractivity contribution in [3.8, 4) is 0 Å². The number of hydrogen-bond acceptors (Lipinski definition) is 1. The van der Waals surface area contributed by atoms with E-state index in [-0.39, 0.29) is 10.8 Å². The molecule has 0 heterocycles. The minimum absolute atomic E-state index is 0.209. The summed E-state index contributed by atoms with van der Waals surface area (Å²) in [6.07, 6.45) is 1.22. The van der Waals surface area contributed by atoms with E-state index in [2.05, 4.69) is 60.3 Å². The maximum absolute atomic E-state index is 5.35. The van der Waals surface area contributed by atoms with E-state index in [4.69, 9.17) is 4.74 Å². The molecule has 2 rings (SSSR count). The highest BCUT2D eigenvalue weighted by Gasteiger charge is 2.42. The molecule has 0 saturated heterocycles. The van der Waals surface area contributed by atoms with Crippen LogP contribution in [0.25, 0.3) is 5.76 Å². The van der Waals surface area contributed by atoms with Crippen LogP contribution in [0.15, 0.2) is 18.7 Å². The molecule has 20 heavy (non-hydrogen) atoms. The lowest BCUT2D eigenvalue weighted by Gasteiger charge is -2.47. The summed E-state index contributed by atoms with van der Waals surface area (Å²) in [6.45, 7) is 18.0. The topological polar surface area (TPSA) is 9.23 Å². The van der Waals surface area contributed by atoms with Gasteiger partial charge < -0.3 is 4.74 Å². The molecule has 1 unspecified atom stereocenters. The van der Waals surface area contributed by atoms with Crippen LogP contribution in [0, 0.1) is 12.8 Å². The van der Waals surface area contributed by atoms with Crippen LogP contribution in [0.2, 0.25) is 0 Å². The molecular weight excluding hydrogens is 244 g/mol. The molecule has 0 fully saturated rings. The van der Waals surface area contributed by atoms with Crippen molar-refractivity contribution in [2.75, 3.05) is 7.11 Å². The van der Waals surface area contributed by atoms with Gasteiger partial charge in [0.25, 0.3) is 0 Å². The van der Waals surface area contributed by atoms with Gasteiger partial charge >= 0.3 is 0 Å². The first-order chi connectivity index (χ1) is 9.11. The highest BCUT2D eigenvalue weighted by molar-refractivity contribution is 5.64. The Morgan fingerprint density at radius 1 is 1.20 bits per heavy atom. The maximum atomic E-state index is 5.35. The van der Waals surface area contributed by atoms with Gasteiger partial charge in [-0.25, -0.2) is 0 Å². The Morgan fingerprint density at radius 2 is 1.80 bits per heavy atom. The summed E-state index contributed by atoms with van der Waals surface area (Å²) in [7, 11) is 1.69. The first kappa shape index (κ1) is 15.2. The number of methoxy groups -OCH3 is 1. The summed E-state index contributed by atoms with van der Waals surface area (Å²) in [6, 6.07) is 4.66. The third-order valence-corrected chi connectivity index (χ3v) is 5.38. The first-order valence-corrected chi connectivity index (χ1v) is 7.50. The van der Waals surface area contributed by atoms with Crippen molar-refractivity contribution in [1.82, 2.24) is 0 Å². The lowest BCUT2D eigenvalue weighted by molar-refractivity contribution is 0.233. The SMILES string of the molecule is C=C(OC)c1cc2c(cc1C)C(C)(C)C(C)CC2(C)C. The molecule has 0 aromatic heterocycles. The summed E-state index contributed by atoms with van der Waals surface area (Å²) in [5, 5.41) is 0. The minimum atomic E-state index is 0.209. The fourth-order valence-corrected chi connectivity index (χ4v) is 3.61. The second-order valence-electron chi connectivity index (χ2n) is 7.55. The van der Waals surface area contributed by atoms with Crippen LogP contribution in [0.4, 0.5) is 0 Å². The minimum Gasteiger partial charge on any atom is -0.497 e. The van der Waals surface area contributed by atoms with Crippen LogP contribution in [0.3, 0.4) is 0 Å². The van der Waals surface area contributed by atoms with Crippen LogP contribution < -0.4 is 0 Å². The first-order valence-electron chi connectivity index (χ1n) is 7.50. The van der Waals surface area contributed by atoms with E-state index in [0.29, 0.717) is 5.92 Å². The van der Waals surface area contributed by atoms with Gasteiger partial charge in [0.2, 0.25) is 0 Å². The van der Waals surface area contributed by atoms with Crippen molar-refractivity contribution < 1.29 is 4.74 Å². The monoisotopic (exact) mass is 272 g/mol. The van der Waals surface area contributed by atoms with E-state index < -0.39 is 0 Å². The van der Waals surface area contributed by atoms with Crippen molar-refractivity contribution in [2.24, 2.45) is 5.92 Å². The summed E-state index contributed by atoms with van der Waals surface area (Å²) >= 11 is 0. The van der Waals surface area contributed by atoms with Gasteiger partial charge in [-0.3, -0.25) is 0 Å². The average molecular weight is 272 g/mol. The van der Waals surface area contributed by atoms with E-state index in [9.17, 15) is 0 Å². The lowest BCUT2D eigenvalue weighted by atomic mass is 9.58. The molecule has 1 heteroatoms. The van der Waals surface area contributed by atoms with Crippen LogP contribution in [0.5, 0.6) is 0 Å². The van der Waals surface area contributed by atoms with Crippen LogP contribution in [0.1, 0.15) is 63.3 Å². The third-order valence-electron chi connectivity index (χ3n) is 5.38. The average Bonchev–Trinajstić information content (AvgIpc) is 2.35. The third kappa shape index (κ3) is 2.17. The zero-order chi connectivity index (χ0) is 15.3. The Labute approximate surface area is 124 Å². The van der Waals surface area contributed by atoms with Gasteiger partial charge in [0.05, 0.1) is 7.11 Å². The zero-order valence-electron chi connectivity index (χ0n) is 14.1. The van der Waals surface area contributed by atoms with E-state index in [0.717, 1.165) is 11.3 Å². The quantitative estimate of drug-likeness (QED) is 0.672. The van der Waals surface area contributed by atoms with E-state index in [1.54, 1.807) is 7.11 Å². The van der Waals surface area contributed by atoms with E-state index in [1.165, 1.54) is 23.1 Å². The molecule has 1 nitrogen and oxygen atoms in total. The van der Waals surface area contributed by atoms with Crippen molar-refractivity contribution in [1.29, 1.82) is 0 Å². The molecule has 0 N–H and O–H groups in total. The van der Waals surface area contributed by atoms with Crippen LogP contribution in [-0.2, 0) is 15.6 Å². The second kappa shape index (κ2) is 4.65. The summed E-state index contributed by atoms with van der Waals surface area (Å²) in [5.41, 5.74) is 5.78. The van der Waals surface area contributed by atoms with Crippen LogP contribution >= 0.6 is 0 Å². The van der Waals surface area contributed by atoms with Gasteiger partial charge in [0, 0.05) is 5.56 Å². The number of hydrogen-bond donors (Lipinski definition) is 0. The molecule has 110 valence electrons. The predicted molar refractivity (Wildman–Crippen MR) is 87.1 cm³/mol. The molecule has 0 amide bonds. The van der Waals surface area contributed by atoms with Crippen molar-refractivity contribution in [3.63, 3.8) is 0 Å². The number of ether oxygens (including phenoxy) is 1. The molecule has 1 aliphatic carbocycles. The summed E-state index contributed by atoms with van der Waals surface area (Å²) < 4.78 is 5.35. The summed E-state index contributed by atoms with van der Waals surface area (Å²) in [5.74, 6) is 1.44. The van der Waals surface area contributed by atoms with Gasteiger partial charge in [-0.2, -0.15) is 0 Å². The Bertz CT molecular complexity index is 549. The van der Waals surface area contributed by atoms with E-state index >= 15 is 0 Å². The zero-order valence-corrected chi connectivity index (χ0v) is 14.1. The molecule has 0 radical (unpaired) electrons. The van der Waals surface area contributed by atoms with Gasteiger partial charge in [-0.1, -0.05) is 47.3 Å². The molecule has 0 saturated carbocycles. The second-order valence-corrected chi connectivity index (χ2v) is 7.55. The molecule has 0 aliphatic heterocycles. The molecular formula is C19H28O. The van der Waals surface area contributed by atoms with Gasteiger partial charge in [0.15, 0.2) is 0 Å². The number of fused-ring (bicyclic) bond motifs is 1. The fraction of sp³-hybridized carbons (Fsp3) is 0.579. The molecule has 1 aromatic carbocycles. The fourth-order valence-electron chi connectivity index (χ4n) is 3.61. The predicted octanol–water partition coefficient (Wildman–Crippen LogP) is 5.21. The maximum Gasteiger partial charge on any atom is 0.119 e. The standard InChI is InChI=1S/C19H28O/c1-12-9-17-16(10-15(12)14(3)20-8)18(4,5)11-13(2)19(17,6)7/h9-10,13H,3,11H2,1-2,4-8H3. The van der Waals surface area contributed by atoms with Crippen molar-refractivity contribution >= 4 is 5.76 Å².